The van der Waals surface area contributed by atoms with Crippen molar-refractivity contribution in [1.82, 2.24) is 19.8 Å². The second kappa shape index (κ2) is 7.66. The lowest BCUT2D eigenvalue weighted by Gasteiger charge is -2.43. The van der Waals surface area contributed by atoms with Crippen LogP contribution in [0.5, 0.6) is 0 Å². The minimum absolute atomic E-state index is 0.0698. The van der Waals surface area contributed by atoms with E-state index in [9.17, 15) is 14.4 Å². The lowest BCUT2D eigenvalue weighted by molar-refractivity contribution is -0.0269. The maximum Gasteiger partial charge on any atom is 0.410 e. The molecule has 0 bridgehead atoms. The summed E-state index contributed by atoms with van der Waals surface area (Å²) >= 11 is 0. The van der Waals surface area contributed by atoms with E-state index in [1.807, 2.05) is 18.5 Å². The summed E-state index contributed by atoms with van der Waals surface area (Å²) in [4.78, 5) is 18.9. The quantitative estimate of drug-likeness (QED) is 0.784. The number of fused-ring (bicyclic) bond motifs is 1. The third kappa shape index (κ3) is 3.83. The van der Waals surface area contributed by atoms with Crippen LogP contribution in [-0.4, -0.2) is 45.3 Å². The number of dihydropyridines is 1. The summed E-state index contributed by atoms with van der Waals surface area (Å²) in [6.45, 7) is 3.97. The number of carbonyl (C=O) groups is 1. The van der Waals surface area contributed by atoms with Gasteiger partial charge in [-0.1, -0.05) is 13.0 Å². The van der Waals surface area contributed by atoms with Crippen molar-refractivity contribution >= 4 is 17.1 Å². The smallest absolute Gasteiger partial charge is 0.410 e. The van der Waals surface area contributed by atoms with Crippen molar-refractivity contribution in [1.29, 1.82) is 5.26 Å². The molecule has 2 aromatic rings. The number of amides is 1. The van der Waals surface area contributed by atoms with Gasteiger partial charge in [0.1, 0.15) is 11.4 Å². The number of hydrogen-bond donors (Lipinski definition) is 1. The first-order valence-electron chi connectivity index (χ1n) is 11.0. The topological polar surface area (TPSA) is 83.2 Å². The van der Waals surface area contributed by atoms with Crippen LogP contribution in [0.25, 0.3) is 11.0 Å². The van der Waals surface area contributed by atoms with Crippen LogP contribution in [-0.2, 0) is 11.3 Å². The molecule has 8 heteroatoms. The standard InChI is InChI=1S/C24H26FN5O2/c1-23(14-30-16-28-20-6-3-17(10-26)9-21(20)30)7-2-8-24(13-23)15-29(22(31)32-24)12-19-5-4-18(25)11-27-19/h3-6,9,11,16,19,27H,2,7-8,12-15H2,1H3/t19?,23-,24+/m0/s1. The molecule has 166 valence electrons. The van der Waals surface area contributed by atoms with Gasteiger partial charge in [-0.3, -0.25) is 0 Å². The zero-order chi connectivity index (χ0) is 22.3. The highest BCUT2D eigenvalue weighted by Crippen LogP contribution is 2.47. The van der Waals surface area contributed by atoms with Gasteiger partial charge in [-0.2, -0.15) is 5.26 Å². The predicted octanol–water partition coefficient (Wildman–Crippen LogP) is 4.02. The Morgan fingerprint density at radius 3 is 3.06 bits per heavy atom. The van der Waals surface area contributed by atoms with Gasteiger partial charge in [0.2, 0.25) is 0 Å². The van der Waals surface area contributed by atoms with E-state index in [1.165, 1.54) is 12.3 Å². The number of rotatable bonds is 4. The maximum atomic E-state index is 13.2. The Hall–Kier alpha value is -3.34. The van der Waals surface area contributed by atoms with Gasteiger partial charge in [0, 0.05) is 19.3 Å². The third-order valence-electron chi connectivity index (χ3n) is 6.85. The second-order valence-electron chi connectivity index (χ2n) is 9.62. The highest BCUT2D eigenvalue weighted by atomic mass is 19.1. The Kier molecular flexibility index (Phi) is 4.92. The number of nitriles is 1. The van der Waals surface area contributed by atoms with Gasteiger partial charge >= 0.3 is 6.09 Å². The fourth-order valence-electron chi connectivity index (χ4n) is 5.50. The first kappa shape index (κ1) is 20.6. The lowest BCUT2D eigenvalue weighted by atomic mass is 9.68. The molecule has 1 N–H and O–H groups in total. The minimum Gasteiger partial charge on any atom is -0.441 e. The molecule has 2 aliphatic heterocycles. The molecule has 0 radical (unpaired) electrons. The maximum absolute atomic E-state index is 13.2. The van der Waals surface area contributed by atoms with E-state index in [0.29, 0.717) is 18.7 Å². The molecule has 32 heavy (non-hydrogen) atoms. The number of allylic oxidation sites excluding steroid dienone is 2. The molecule has 2 fully saturated rings. The van der Waals surface area contributed by atoms with Crippen LogP contribution >= 0.6 is 0 Å². The van der Waals surface area contributed by atoms with Gasteiger partial charge in [0.05, 0.1) is 41.6 Å². The first-order chi connectivity index (χ1) is 15.4. The number of ether oxygens (including phenoxy) is 1. The van der Waals surface area contributed by atoms with Crippen molar-refractivity contribution in [3.8, 4) is 6.07 Å². The monoisotopic (exact) mass is 435 g/mol. The van der Waals surface area contributed by atoms with Crippen molar-refractivity contribution in [2.75, 3.05) is 13.1 Å². The number of nitrogens with one attached hydrogen (secondary N) is 1. The van der Waals surface area contributed by atoms with E-state index in [1.54, 1.807) is 17.0 Å². The Morgan fingerprint density at radius 2 is 2.28 bits per heavy atom. The molecule has 1 aromatic heterocycles. The van der Waals surface area contributed by atoms with Crippen molar-refractivity contribution in [3.63, 3.8) is 0 Å². The largest absolute Gasteiger partial charge is 0.441 e. The van der Waals surface area contributed by atoms with E-state index >= 15 is 0 Å². The Morgan fingerprint density at radius 1 is 1.41 bits per heavy atom. The van der Waals surface area contributed by atoms with Crippen molar-refractivity contribution in [2.45, 2.75) is 50.8 Å². The van der Waals surface area contributed by atoms with Crippen LogP contribution in [0.1, 0.15) is 38.2 Å². The van der Waals surface area contributed by atoms with E-state index in [4.69, 9.17) is 4.74 Å². The van der Waals surface area contributed by atoms with Gasteiger partial charge < -0.3 is 19.5 Å². The third-order valence-corrected chi connectivity index (χ3v) is 6.85. The molecule has 1 spiro atoms. The van der Waals surface area contributed by atoms with Gasteiger partial charge in [0.25, 0.3) is 0 Å². The van der Waals surface area contributed by atoms with Crippen molar-refractivity contribution in [3.05, 3.63) is 54.3 Å². The predicted molar refractivity (Wildman–Crippen MR) is 117 cm³/mol. The fraction of sp³-hybridized carbons (Fsp3) is 0.458. The summed E-state index contributed by atoms with van der Waals surface area (Å²) in [5.74, 6) is -0.321. The number of nitrogens with zero attached hydrogens (tertiary/aromatic N) is 4. The summed E-state index contributed by atoms with van der Waals surface area (Å²) in [5.41, 5.74) is 1.86. The normalized spacial score (nSPS) is 29.7. The Bertz CT molecular complexity index is 1160. The van der Waals surface area contributed by atoms with Crippen LogP contribution in [0.2, 0.25) is 0 Å². The van der Waals surface area contributed by atoms with Gasteiger partial charge in [-0.15, -0.1) is 0 Å². The summed E-state index contributed by atoms with van der Waals surface area (Å²) in [5, 5.41) is 12.2. The summed E-state index contributed by atoms with van der Waals surface area (Å²) in [6, 6.07) is 7.61. The van der Waals surface area contributed by atoms with Crippen molar-refractivity contribution < 1.29 is 13.9 Å². The highest BCUT2D eigenvalue weighted by molar-refractivity contribution is 5.77. The van der Waals surface area contributed by atoms with Crippen LogP contribution in [0.3, 0.4) is 0 Å². The minimum atomic E-state index is -0.502. The molecule has 3 heterocycles. The molecule has 1 aromatic carbocycles. The summed E-state index contributed by atoms with van der Waals surface area (Å²) in [6.07, 6.45) is 9.63. The summed E-state index contributed by atoms with van der Waals surface area (Å²) in [7, 11) is 0. The van der Waals surface area contributed by atoms with Crippen molar-refractivity contribution in [2.24, 2.45) is 5.41 Å². The summed E-state index contributed by atoms with van der Waals surface area (Å²) < 4.78 is 21.3. The van der Waals surface area contributed by atoms with E-state index in [-0.39, 0.29) is 23.4 Å². The molecule has 1 saturated heterocycles. The van der Waals surface area contributed by atoms with Gasteiger partial charge in [-0.25, -0.2) is 14.2 Å². The number of benzene rings is 1. The van der Waals surface area contributed by atoms with Crippen LogP contribution in [0.15, 0.2) is 48.7 Å². The van der Waals surface area contributed by atoms with E-state index in [2.05, 4.69) is 27.9 Å². The van der Waals surface area contributed by atoms with Crippen LogP contribution < -0.4 is 5.32 Å². The molecule has 7 nitrogen and oxygen atoms in total. The Labute approximate surface area is 186 Å². The molecular weight excluding hydrogens is 409 g/mol. The van der Waals surface area contributed by atoms with Crippen LogP contribution in [0.4, 0.5) is 9.18 Å². The average molecular weight is 436 g/mol. The van der Waals surface area contributed by atoms with Gasteiger partial charge in [0.15, 0.2) is 0 Å². The van der Waals surface area contributed by atoms with Crippen LogP contribution in [0, 0.1) is 16.7 Å². The number of carbonyl (C=O) groups excluding carboxylic acids is 1. The number of imidazole rings is 1. The molecule has 5 rings (SSSR count). The van der Waals surface area contributed by atoms with E-state index in [0.717, 1.165) is 43.3 Å². The number of halogens is 1. The fourth-order valence-corrected chi connectivity index (χ4v) is 5.50. The molecule has 1 saturated carbocycles. The van der Waals surface area contributed by atoms with Gasteiger partial charge in [-0.05, 0) is 55.4 Å². The molecule has 3 atom stereocenters. The average Bonchev–Trinajstić information content (AvgIpc) is 3.29. The second-order valence-corrected chi connectivity index (χ2v) is 9.62. The zero-order valence-corrected chi connectivity index (χ0v) is 18.1. The number of aromatic nitrogens is 2. The zero-order valence-electron chi connectivity index (χ0n) is 18.1. The molecule has 1 aliphatic carbocycles. The SMILES string of the molecule is C[C@]1(Cn2cnc3ccc(C#N)cc32)CCC[C@]2(CN(CC3C=CC(F)=CN3)C(=O)O2)C1. The molecule has 1 amide bonds. The lowest BCUT2D eigenvalue weighted by Crippen LogP contribution is -2.46. The highest BCUT2D eigenvalue weighted by Gasteiger charge is 2.51. The molecule has 1 unspecified atom stereocenters. The first-order valence-corrected chi connectivity index (χ1v) is 11.0. The number of hydrogen-bond acceptors (Lipinski definition) is 5. The Balaban J connectivity index is 1.31. The van der Waals surface area contributed by atoms with E-state index < -0.39 is 5.60 Å². The molecule has 3 aliphatic rings. The molecular formula is C24H26FN5O2.